The van der Waals surface area contributed by atoms with E-state index in [1.165, 1.54) is 22.2 Å². The van der Waals surface area contributed by atoms with Crippen molar-refractivity contribution >= 4 is 16.8 Å². The van der Waals surface area contributed by atoms with Crippen LogP contribution in [0.5, 0.6) is 0 Å². The second-order valence-electron chi connectivity index (χ2n) is 7.12. The zero-order valence-electron chi connectivity index (χ0n) is 13.7. The summed E-state index contributed by atoms with van der Waals surface area (Å²) in [6.45, 7) is 8.62. The minimum Gasteiger partial charge on any atom is -0.357 e. The fraction of sp³-hybridized carbons (Fsp3) is 0.500. The van der Waals surface area contributed by atoms with Gasteiger partial charge in [0.05, 0.1) is 6.54 Å². The number of nitrogens with zero attached hydrogens (tertiary/aromatic N) is 1. The molecule has 1 aliphatic heterocycles. The lowest BCUT2D eigenvalue weighted by atomic mass is 10.0. The average molecular weight is 299 g/mol. The Morgan fingerprint density at radius 3 is 2.86 bits per heavy atom. The molecule has 0 fully saturated rings. The Balaban J connectivity index is 1.65. The number of para-hydroxylation sites is 1. The van der Waals surface area contributed by atoms with Gasteiger partial charge in [0.25, 0.3) is 0 Å². The Morgan fingerprint density at radius 1 is 1.32 bits per heavy atom. The molecule has 0 saturated carbocycles. The lowest BCUT2D eigenvalue weighted by molar-refractivity contribution is -0.132. The van der Waals surface area contributed by atoms with Gasteiger partial charge in [0.2, 0.25) is 5.91 Å². The summed E-state index contributed by atoms with van der Waals surface area (Å²) in [5, 5.41) is 4.68. The number of fused-ring (bicyclic) bond motifs is 3. The number of carbonyl (C=O) groups is 1. The minimum atomic E-state index is 0.0620. The molecule has 1 aromatic heterocycles. The molecule has 4 heteroatoms. The molecule has 0 bridgehead atoms. The fourth-order valence-corrected chi connectivity index (χ4v) is 3.11. The highest BCUT2D eigenvalue weighted by atomic mass is 16.2. The van der Waals surface area contributed by atoms with Crippen molar-refractivity contribution in [1.82, 2.24) is 15.2 Å². The van der Waals surface area contributed by atoms with Gasteiger partial charge in [-0.3, -0.25) is 4.79 Å². The van der Waals surface area contributed by atoms with Crippen molar-refractivity contribution in [3.8, 4) is 0 Å². The third-order valence-corrected chi connectivity index (χ3v) is 4.23. The van der Waals surface area contributed by atoms with Gasteiger partial charge in [-0.25, -0.2) is 0 Å². The molecular weight excluding hydrogens is 274 g/mol. The molecule has 0 saturated heterocycles. The second kappa shape index (κ2) is 5.76. The van der Waals surface area contributed by atoms with Crippen LogP contribution < -0.4 is 5.32 Å². The number of amides is 1. The molecule has 0 radical (unpaired) electrons. The molecule has 2 heterocycles. The van der Waals surface area contributed by atoms with E-state index in [1.807, 2.05) is 11.0 Å². The first-order valence-electron chi connectivity index (χ1n) is 8.05. The van der Waals surface area contributed by atoms with Gasteiger partial charge >= 0.3 is 0 Å². The Kier molecular flexibility index (Phi) is 3.96. The van der Waals surface area contributed by atoms with Crippen molar-refractivity contribution in [2.24, 2.45) is 0 Å². The highest BCUT2D eigenvalue weighted by Gasteiger charge is 2.23. The summed E-state index contributed by atoms with van der Waals surface area (Å²) in [7, 11) is 0. The predicted octanol–water partition coefficient (Wildman–Crippen LogP) is 2.83. The molecule has 22 heavy (non-hydrogen) atoms. The standard InChI is InChI=1S/C18H25N3O/c1-18(2,3)19-10-8-17(22)21-11-9-14-13-6-4-5-7-15(13)20-16(14)12-21/h4-7,19-20H,8-12H2,1-3H3. The van der Waals surface area contributed by atoms with Crippen LogP contribution in [0, 0.1) is 0 Å². The van der Waals surface area contributed by atoms with E-state index in [0.717, 1.165) is 19.5 Å². The Morgan fingerprint density at radius 2 is 2.09 bits per heavy atom. The third-order valence-electron chi connectivity index (χ3n) is 4.23. The lowest BCUT2D eigenvalue weighted by Gasteiger charge is -2.28. The van der Waals surface area contributed by atoms with E-state index in [9.17, 15) is 4.79 Å². The van der Waals surface area contributed by atoms with E-state index in [-0.39, 0.29) is 11.4 Å². The average Bonchev–Trinajstić information content (AvgIpc) is 2.83. The number of rotatable bonds is 3. The van der Waals surface area contributed by atoms with Crippen LogP contribution >= 0.6 is 0 Å². The largest absolute Gasteiger partial charge is 0.357 e. The molecule has 2 aromatic rings. The smallest absolute Gasteiger partial charge is 0.224 e. The van der Waals surface area contributed by atoms with Gasteiger partial charge in [-0.2, -0.15) is 0 Å². The summed E-state index contributed by atoms with van der Waals surface area (Å²) in [6.07, 6.45) is 1.50. The Hall–Kier alpha value is -1.81. The number of hydrogen-bond acceptors (Lipinski definition) is 2. The minimum absolute atomic E-state index is 0.0620. The Bertz CT molecular complexity index is 681. The second-order valence-corrected chi connectivity index (χ2v) is 7.12. The number of hydrogen-bond donors (Lipinski definition) is 2. The molecule has 3 rings (SSSR count). The number of aromatic amines is 1. The summed E-state index contributed by atoms with van der Waals surface area (Å²) in [5.74, 6) is 0.237. The molecule has 1 amide bonds. The third kappa shape index (κ3) is 3.17. The molecule has 2 N–H and O–H groups in total. The van der Waals surface area contributed by atoms with Crippen LogP contribution in [-0.2, 0) is 17.8 Å². The molecule has 0 spiro atoms. The van der Waals surface area contributed by atoms with Crippen LogP contribution in [0.4, 0.5) is 0 Å². The first-order valence-corrected chi connectivity index (χ1v) is 8.05. The molecular formula is C18H25N3O. The Labute approximate surface area is 131 Å². The number of benzene rings is 1. The van der Waals surface area contributed by atoms with Gasteiger partial charge in [-0.15, -0.1) is 0 Å². The summed E-state index contributed by atoms with van der Waals surface area (Å²) in [6, 6.07) is 8.39. The summed E-state index contributed by atoms with van der Waals surface area (Å²) in [5.41, 5.74) is 3.82. The zero-order chi connectivity index (χ0) is 15.7. The van der Waals surface area contributed by atoms with Crippen LogP contribution in [0.3, 0.4) is 0 Å². The summed E-state index contributed by atoms with van der Waals surface area (Å²) < 4.78 is 0. The van der Waals surface area contributed by atoms with Crippen molar-refractivity contribution in [1.29, 1.82) is 0 Å². The highest BCUT2D eigenvalue weighted by molar-refractivity contribution is 5.85. The number of aromatic nitrogens is 1. The molecule has 0 aliphatic carbocycles. The van der Waals surface area contributed by atoms with Crippen LogP contribution in [0.1, 0.15) is 38.4 Å². The first kappa shape index (κ1) is 15.1. The summed E-state index contributed by atoms with van der Waals surface area (Å²) >= 11 is 0. The van der Waals surface area contributed by atoms with E-state index < -0.39 is 0 Å². The number of H-pyrrole nitrogens is 1. The molecule has 0 atom stereocenters. The number of nitrogens with one attached hydrogen (secondary N) is 2. The predicted molar refractivity (Wildman–Crippen MR) is 89.8 cm³/mol. The first-order chi connectivity index (χ1) is 10.4. The topological polar surface area (TPSA) is 48.1 Å². The van der Waals surface area contributed by atoms with Gasteiger partial charge in [0, 0.05) is 41.6 Å². The van der Waals surface area contributed by atoms with Gasteiger partial charge < -0.3 is 15.2 Å². The molecule has 0 unspecified atom stereocenters. The lowest BCUT2D eigenvalue weighted by Crippen LogP contribution is -2.41. The van der Waals surface area contributed by atoms with Crippen LogP contribution in [0.2, 0.25) is 0 Å². The fourth-order valence-electron chi connectivity index (χ4n) is 3.11. The zero-order valence-corrected chi connectivity index (χ0v) is 13.7. The molecule has 118 valence electrons. The van der Waals surface area contributed by atoms with Gasteiger partial charge in [0.1, 0.15) is 0 Å². The van der Waals surface area contributed by atoms with Gasteiger partial charge in [-0.1, -0.05) is 18.2 Å². The SMILES string of the molecule is CC(C)(C)NCCC(=O)N1CCc2c([nH]c3ccccc23)C1. The summed E-state index contributed by atoms with van der Waals surface area (Å²) in [4.78, 5) is 17.8. The normalized spacial score (nSPS) is 15.1. The maximum absolute atomic E-state index is 12.4. The van der Waals surface area contributed by atoms with Crippen molar-refractivity contribution < 1.29 is 4.79 Å². The molecule has 1 aromatic carbocycles. The van der Waals surface area contributed by atoms with Crippen LogP contribution in [-0.4, -0.2) is 34.4 Å². The van der Waals surface area contributed by atoms with Crippen LogP contribution in [0.25, 0.3) is 10.9 Å². The van der Waals surface area contributed by atoms with Crippen molar-refractivity contribution in [2.45, 2.75) is 45.7 Å². The molecule has 1 aliphatic rings. The van der Waals surface area contributed by atoms with E-state index in [2.05, 4.69) is 49.3 Å². The maximum atomic E-state index is 12.4. The van der Waals surface area contributed by atoms with Crippen LogP contribution in [0.15, 0.2) is 24.3 Å². The van der Waals surface area contributed by atoms with E-state index in [0.29, 0.717) is 13.0 Å². The van der Waals surface area contributed by atoms with Crippen molar-refractivity contribution in [2.75, 3.05) is 13.1 Å². The van der Waals surface area contributed by atoms with E-state index in [4.69, 9.17) is 0 Å². The number of carbonyl (C=O) groups excluding carboxylic acids is 1. The van der Waals surface area contributed by atoms with Crippen molar-refractivity contribution in [3.05, 3.63) is 35.5 Å². The van der Waals surface area contributed by atoms with Crippen molar-refractivity contribution in [3.63, 3.8) is 0 Å². The monoisotopic (exact) mass is 299 g/mol. The van der Waals surface area contributed by atoms with E-state index >= 15 is 0 Å². The van der Waals surface area contributed by atoms with Gasteiger partial charge in [-0.05, 0) is 38.8 Å². The van der Waals surface area contributed by atoms with E-state index in [1.54, 1.807) is 0 Å². The maximum Gasteiger partial charge on any atom is 0.224 e. The highest BCUT2D eigenvalue weighted by Crippen LogP contribution is 2.27. The van der Waals surface area contributed by atoms with Gasteiger partial charge in [0.15, 0.2) is 0 Å². The molecule has 4 nitrogen and oxygen atoms in total. The quantitative estimate of drug-likeness (QED) is 0.915.